The first-order valence-electron chi connectivity index (χ1n) is 4.51. The lowest BCUT2D eigenvalue weighted by atomic mass is 10.0. The van der Waals surface area contributed by atoms with E-state index >= 15 is 0 Å². The molecule has 2 unspecified atom stereocenters. The largest absolute Gasteiger partial charge is 0.387 e. The number of aliphatic hydroxyl groups is 1. The highest BCUT2D eigenvalue weighted by Gasteiger charge is 2.20. The fourth-order valence-electron chi connectivity index (χ4n) is 1.31. The molecule has 0 saturated carbocycles. The zero-order chi connectivity index (χ0) is 9.84. The molecule has 13 heavy (non-hydrogen) atoms. The Kier molecular flexibility index (Phi) is 3.45. The molecular weight excluding hydrogens is 168 g/mol. The fraction of sp³-hybridized carbons (Fsp3) is 0.667. The van der Waals surface area contributed by atoms with Crippen molar-refractivity contribution in [1.82, 2.24) is 5.16 Å². The van der Waals surface area contributed by atoms with Crippen molar-refractivity contribution in [3.05, 3.63) is 17.5 Å². The van der Waals surface area contributed by atoms with Crippen LogP contribution >= 0.6 is 0 Å². The topological polar surface area (TPSA) is 72.3 Å². The number of nitrogens with zero attached hydrogens (tertiary/aromatic N) is 1. The second kappa shape index (κ2) is 4.39. The van der Waals surface area contributed by atoms with Gasteiger partial charge in [0.1, 0.15) is 6.26 Å². The molecule has 2 atom stereocenters. The highest BCUT2D eigenvalue weighted by atomic mass is 16.5. The van der Waals surface area contributed by atoms with E-state index in [1.54, 1.807) is 6.92 Å². The molecule has 4 heteroatoms. The quantitative estimate of drug-likeness (QED) is 0.736. The van der Waals surface area contributed by atoms with Crippen molar-refractivity contribution < 1.29 is 9.63 Å². The summed E-state index contributed by atoms with van der Waals surface area (Å²) >= 11 is 0. The van der Waals surface area contributed by atoms with Crippen LogP contribution in [0.15, 0.2) is 10.8 Å². The molecule has 0 amide bonds. The van der Waals surface area contributed by atoms with Gasteiger partial charge in [-0.1, -0.05) is 18.5 Å². The zero-order valence-corrected chi connectivity index (χ0v) is 8.03. The van der Waals surface area contributed by atoms with Gasteiger partial charge >= 0.3 is 0 Å². The molecule has 3 N–H and O–H groups in total. The number of aryl methyl sites for hydroxylation is 1. The van der Waals surface area contributed by atoms with Crippen LogP contribution in [0.4, 0.5) is 0 Å². The summed E-state index contributed by atoms with van der Waals surface area (Å²) in [7, 11) is 0. The molecule has 0 radical (unpaired) electrons. The van der Waals surface area contributed by atoms with Crippen molar-refractivity contribution in [3.8, 4) is 0 Å². The Bertz CT molecular complexity index is 260. The number of aliphatic hydroxyl groups excluding tert-OH is 1. The third kappa shape index (κ3) is 2.29. The number of aromatic nitrogens is 1. The normalized spacial score (nSPS) is 15.7. The highest BCUT2D eigenvalue weighted by Crippen LogP contribution is 2.20. The molecule has 0 aromatic carbocycles. The Hall–Kier alpha value is -0.870. The minimum absolute atomic E-state index is 0.233. The van der Waals surface area contributed by atoms with Gasteiger partial charge in [0.25, 0.3) is 0 Å². The Morgan fingerprint density at radius 1 is 1.69 bits per heavy atom. The number of rotatable bonds is 4. The molecule has 0 aliphatic carbocycles. The molecule has 0 fully saturated rings. The number of hydrogen-bond acceptors (Lipinski definition) is 4. The Labute approximate surface area is 77.7 Å². The third-order valence-corrected chi connectivity index (χ3v) is 2.13. The maximum absolute atomic E-state index is 9.76. The molecule has 0 aliphatic rings. The monoisotopic (exact) mass is 184 g/mol. The van der Waals surface area contributed by atoms with Crippen molar-refractivity contribution in [3.63, 3.8) is 0 Å². The van der Waals surface area contributed by atoms with Gasteiger partial charge in [0.2, 0.25) is 0 Å². The maximum Gasteiger partial charge on any atom is 0.129 e. The number of nitrogens with two attached hydrogens (primary N) is 1. The van der Waals surface area contributed by atoms with E-state index < -0.39 is 6.10 Å². The first-order chi connectivity index (χ1) is 6.16. The molecular formula is C9H16N2O2. The average Bonchev–Trinajstić information content (AvgIpc) is 2.50. The minimum Gasteiger partial charge on any atom is -0.387 e. The minimum atomic E-state index is -0.661. The fourth-order valence-corrected chi connectivity index (χ4v) is 1.31. The maximum atomic E-state index is 9.76. The lowest BCUT2D eigenvalue weighted by molar-refractivity contribution is 0.140. The molecule has 0 spiro atoms. The van der Waals surface area contributed by atoms with Gasteiger partial charge in [-0.05, 0) is 13.3 Å². The molecule has 1 heterocycles. The lowest BCUT2D eigenvalue weighted by Gasteiger charge is -2.16. The molecule has 74 valence electrons. The molecule has 0 saturated heterocycles. The number of hydrogen-bond donors (Lipinski definition) is 2. The highest BCUT2D eigenvalue weighted by molar-refractivity contribution is 5.17. The molecule has 1 rings (SSSR count). The van der Waals surface area contributed by atoms with Crippen molar-refractivity contribution in [2.75, 3.05) is 0 Å². The van der Waals surface area contributed by atoms with Gasteiger partial charge in [-0.3, -0.25) is 0 Å². The van der Waals surface area contributed by atoms with E-state index in [9.17, 15) is 5.11 Å². The first-order valence-corrected chi connectivity index (χ1v) is 4.51. The van der Waals surface area contributed by atoms with E-state index in [4.69, 9.17) is 10.3 Å². The van der Waals surface area contributed by atoms with Crippen LogP contribution in [0.2, 0.25) is 0 Å². The molecule has 1 aromatic rings. The average molecular weight is 184 g/mol. The predicted molar refractivity (Wildman–Crippen MR) is 49.1 cm³/mol. The lowest BCUT2D eigenvalue weighted by Crippen LogP contribution is -2.28. The van der Waals surface area contributed by atoms with Gasteiger partial charge in [-0.25, -0.2) is 0 Å². The van der Waals surface area contributed by atoms with Gasteiger partial charge in [0, 0.05) is 11.6 Å². The summed E-state index contributed by atoms with van der Waals surface area (Å²) in [5.74, 6) is 0. The van der Waals surface area contributed by atoms with E-state index in [0.29, 0.717) is 11.3 Å². The van der Waals surface area contributed by atoms with Crippen LogP contribution in [0.25, 0.3) is 0 Å². The van der Waals surface area contributed by atoms with Crippen molar-refractivity contribution in [2.45, 2.75) is 38.8 Å². The molecule has 1 aromatic heterocycles. The van der Waals surface area contributed by atoms with Crippen LogP contribution in [0.5, 0.6) is 0 Å². The van der Waals surface area contributed by atoms with E-state index in [1.807, 2.05) is 6.92 Å². The van der Waals surface area contributed by atoms with Gasteiger partial charge in [0.05, 0.1) is 11.8 Å². The van der Waals surface area contributed by atoms with Crippen LogP contribution in [0.1, 0.15) is 37.1 Å². The van der Waals surface area contributed by atoms with Crippen molar-refractivity contribution in [2.24, 2.45) is 5.73 Å². The van der Waals surface area contributed by atoms with Crippen molar-refractivity contribution in [1.29, 1.82) is 0 Å². The Balaban J connectivity index is 2.67. The summed E-state index contributed by atoms with van der Waals surface area (Å²) in [5, 5.41) is 13.5. The molecule has 0 bridgehead atoms. The van der Waals surface area contributed by atoms with Crippen LogP contribution in [0, 0.1) is 6.92 Å². The molecule has 4 nitrogen and oxygen atoms in total. The van der Waals surface area contributed by atoms with Gasteiger partial charge in [-0.15, -0.1) is 0 Å². The van der Waals surface area contributed by atoms with Crippen molar-refractivity contribution >= 4 is 0 Å². The summed E-state index contributed by atoms with van der Waals surface area (Å²) in [6.07, 6.45) is 2.55. The second-order valence-electron chi connectivity index (χ2n) is 3.25. The third-order valence-electron chi connectivity index (χ3n) is 2.13. The summed E-state index contributed by atoms with van der Waals surface area (Å²) in [5.41, 5.74) is 7.17. The second-order valence-corrected chi connectivity index (χ2v) is 3.25. The summed E-state index contributed by atoms with van der Waals surface area (Å²) in [6.45, 7) is 3.83. The van der Waals surface area contributed by atoms with Gasteiger partial charge < -0.3 is 15.4 Å². The van der Waals surface area contributed by atoms with Crippen LogP contribution in [-0.2, 0) is 0 Å². The summed E-state index contributed by atoms with van der Waals surface area (Å²) in [6, 6.07) is -0.233. The van der Waals surface area contributed by atoms with Gasteiger partial charge in [0.15, 0.2) is 0 Å². The predicted octanol–water partition coefficient (Wildman–Crippen LogP) is 1.14. The standard InChI is InChI=1S/C9H16N2O2/c1-3-4-8(10)9(12)7-5-13-11-6(7)2/h5,8-9,12H,3-4,10H2,1-2H3. The Morgan fingerprint density at radius 3 is 2.85 bits per heavy atom. The summed E-state index contributed by atoms with van der Waals surface area (Å²) < 4.78 is 4.73. The summed E-state index contributed by atoms with van der Waals surface area (Å²) in [4.78, 5) is 0. The Morgan fingerprint density at radius 2 is 2.38 bits per heavy atom. The van der Waals surface area contributed by atoms with E-state index in [0.717, 1.165) is 12.8 Å². The van der Waals surface area contributed by atoms with E-state index in [2.05, 4.69) is 5.16 Å². The van der Waals surface area contributed by atoms with Gasteiger partial charge in [-0.2, -0.15) is 0 Å². The smallest absolute Gasteiger partial charge is 0.129 e. The molecule has 0 aliphatic heterocycles. The zero-order valence-electron chi connectivity index (χ0n) is 8.03. The van der Waals surface area contributed by atoms with Crippen LogP contribution < -0.4 is 5.73 Å². The van der Waals surface area contributed by atoms with E-state index in [1.165, 1.54) is 6.26 Å². The first kappa shape index (κ1) is 10.2. The van der Waals surface area contributed by atoms with Crippen LogP contribution in [-0.4, -0.2) is 16.3 Å². The van der Waals surface area contributed by atoms with Crippen LogP contribution in [0.3, 0.4) is 0 Å². The SMILES string of the molecule is CCCC(N)C(O)c1conc1C. The van der Waals surface area contributed by atoms with E-state index in [-0.39, 0.29) is 6.04 Å².